The van der Waals surface area contributed by atoms with Crippen molar-refractivity contribution in [3.05, 3.63) is 299 Å². The highest BCUT2D eigenvalue weighted by Crippen LogP contribution is 2.57. The highest BCUT2D eigenvalue weighted by Gasteiger charge is 2.72. The second-order valence-corrected chi connectivity index (χ2v) is 26.9. The molecule has 13 nitrogen and oxygen atoms in total. The number of benzene rings is 10. The molecule has 94 heavy (non-hydrogen) atoms. The number of nitrogens with zero attached hydrogens (tertiary/aromatic N) is 1. The van der Waals surface area contributed by atoms with E-state index in [2.05, 4.69) is 4.98 Å². The van der Waals surface area contributed by atoms with Crippen molar-refractivity contribution in [2.45, 2.75) is 56.1 Å². The normalized spacial score (nSPS) is 12.2. The number of hydrogen-bond acceptors (Lipinski definition) is 12. The third kappa shape index (κ3) is 13.3. The van der Waals surface area contributed by atoms with Gasteiger partial charge in [0.2, 0.25) is 31.0 Å². The zero-order valence-corrected chi connectivity index (χ0v) is 51.6. The summed E-state index contributed by atoms with van der Waals surface area (Å²) < 4.78 is 197. The van der Waals surface area contributed by atoms with Gasteiger partial charge >= 0.3 is 12.4 Å². The highest BCUT2D eigenvalue weighted by atomic mass is 32.2. The SMILES string of the molecule is Cc1ccc(S(=O)(=O)c2ccc(Oc3ccc(C(c4ccc(Oc5ccc(S(=O)(=O)c6ccc(-c7ccc(-c8ccc(C)cc8C(=O)c8cccc(S(=O)(=O)O)c8)cc7C(=O)c7ccc(Oc8ccccn8)cc7)cc6)cc5)cc4)(C(F)(F)F)C(F)(F)F)cc3)cc2)cc1. The Hall–Kier alpha value is -10.5. The van der Waals surface area contributed by atoms with Crippen LogP contribution in [0.3, 0.4) is 0 Å². The van der Waals surface area contributed by atoms with E-state index in [9.17, 15) is 39.4 Å². The fourth-order valence-electron chi connectivity index (χ4n) is 10.5. The van der Waals surface area contributed by atoms with Gasteiger partial charge in [0.15, 0.2) is 11.6 Å². The number of rotatable bonds is 19. The number of aromatic nitrogens is 1. The first-order chi connectivity index (χ1) is 44.6. The molecule has 0 aliphatic heterocycles. The predicted molar refractivity (Wildman–Crippen MR) is 337 cm³/mol. The molecule has 22 heteroatoms. The summed E-state index contributed by atoms with van der Waals surface area (Å²) in [5, 5.41) is 0. The van der Waals surface area contributed by atoms with E-state index in [1.807, 2.05) is 0 Å². The summed E-state index contributed by atoms with van der Waals surface area (Å²) in [6.45, 7) is 3.55. The molecule has 0 radical (unpaired) electrons. The van der Waals surface area contributed by atoms with Crippen LogP contribution in [-0.4, -0.2) is 58.7 Å². The molecular weight excluding hydrogens is 1280 g/mol. The van der Waals surface area contributed by atoms with E-state index in [-0.39, 0.29) is 64.8 Å². The molecule has 10 aromatic carbocycles. The van der Waals surface area contributed by atoms with Gasteiger partial charge in [-0.15, -0.1) is 0 Å². The van der Waals surface area contributed by atoms with Crippen LogP contribution >= 0.6 is 0 Å². The Bertz CT molecular complexity index is 5000. The number of sulfone groups is 2. The molecule has 0 bridgehead atoms. The van der Waals surface area contributed by atoms with Crippen molar-refractivity contribution in [1.82, 2.24) is 4.98 Å². The van der Waals surface area contributed by atoms with E-state index in [0.717, 1.165) is 42.0 Å². The van der Waals surface area contributed by atoms with Crippen molar-refractivity contribution >= 4 is 41.4 Å². The molecule has 11 rings (SSSR count). The number of halogens is 6. The van der Waals surface area contributed by atoms with Crippen LogP contribution in [0.4, 0.5) is 26.3 Å². The highest BCUT2D eigenvalue weighted by molar-refractivity contribution is 7.91. The van der Waals surface area contributed by atoms with Gasteiger partial charge < -0.3 is 14.2 Å². The Kier molecular flexibility index (Phi) is 17.6. The monoisotopic (exact) mass is 1330 g/mol. The molecule has 0 spiro atoms. The summed E-state index contributed by atoms with van der Waals surface area (Å²) in [6, 6.07) is 54.3. The molecule has 0 saturated heterocycles. The van der Waals surface area contributed by atoms with Crippen molar-refractivity contribution in [2.75, 3.05) is 0 Å². The minimum atomic E-state index is -5.94. The predicted octanol–water partition coefficient (Wildman–Crippen LogP) is 17.2. The van der Waals surface area contributed by atoms with Gasteiger partial charge in [-0.25, -0.2) is 21.8 Å². The van der Waals surface area contributed by atoms with E-state index in [1.54, 1.807) is 111 Å². The first kappa shape index (κ1) is 65.0. The molecule has 0 aliphatic carbocycles. The van der Waals surface area contributed by atoms with E-state index in [1.165, 1.54) is 97.1 Å². The molecule has 0 amide bonds. The lowest BCUT2D eigenvalue weighted by atomic mass is 9.73. The quantitative estimate of drug-likeness (QED) is 0.0456. The Labute approximate surface area is 535 Å². The Morgan fingerprint density at radius 2 is 0.787 bits per heavy atom. The minimum Gasteiger partial charge on any atom is -0.457 e. The van der Waals surface area contributed by atoms with Gasteiger partial charge in [-0.1, -0.05) is 102 Å². The van der Waals surface area contributed by atoms with Gasteiger partial charge in [0, 0.05) is 34.5 Å². The average Bonchev–Trinajstić information content (AvgIpc) is 0.720. The van der Waals surface area contributed by atoms with Crippen molar-refractivity contribution in [3.63, 3.8) is 0 Å². The molecule has 0 aliphatic rings. The van der Waals surface area contributed by atoms with E-state index >= 15 is 26.3 Å². The maximum atomic E-state index is 15.2. The Balaban J connectivity index is 0.827. The van der Waals surface area contributed by atoms with Crippen LogP contribution in [0.5, 0.6) is 34.6 Å². The van der Waals surface area contributed by atoms with Gasteiger partial charge in [-0.05, 0) is 199 Å². The zero-order valence-electron chi connectivity index (χ0n) is 49.1. The smallest absolute Gasteiger partial charge is 0.411 e. The van der Waals surface area contributed by atoms with Crippen molar-refractivity contribution in [2.24, 2.45) is 0 Å². The van der Waals surface area contributed by atoms with Crippen LogP contribution in [0.25, 0.3) is 22.3 Å². The Morgan fingerprint density at radius 3 is 1.27 bits per heavy atom. The van der Waals surface area contributed by atoms with E-state index < -0.39 is 75.1 Å². The van der Waals surface area contributed by atoms with Crippen molar-refractivity contribution < 1.29 is 79.9 Å². The standard InChI is InChI=1S/C72H49F6NO12S3/c1-45-9-31-58(32-10-45)92(82,83)60-35-27-55(28-36-60)89-53-23-17-51(18-24-53)70(71(73,74)75,72(76,77)78)52-19-25-54(26-20-52)90-56-29-37-61(38-30-56)93(84,85)59-33-14-47(15-34-59)63-40-16-49(44-66(63)68(80)48-12-21-57(22-13-48)91-67-8-3-4-41-79-67)64-39-11-46(2)42-65(64)69(81)50-6-5-7-62(43-50)94(86,87)88/h3-44H,1-2H3,(H,86,87,88). The van der Waals surface area contributed by atoms with Gasteiger partial charge in [0.05, 0.1) is 24.5 Å². The first-order valence-corrected chi connectivity index (χ1v) is 32.7. The number of pyridine rings is 1. The Morgan fingerprint density at radius 1 is 0.383 bits per heavy atom. The molecule has 0 fully saturated rings. The van der Waals surface area contributed by atoms with Gasteiger partial charge in [0.1, 0.15) is 28.7 Å². The van der Waals surface area contributed by atoms with Crippen LogP contribution in [-0.2, 0) is 35.2 Å². The summed E-state index contributed by atoms with van der Waals surface area (Å²) in [4.78, 5) is 32.2. The molecule has 0 atom stereocenters. The minimum absolute atomic E-state index is 0.0254. The lowest BCUT2D eigenvalue weighted by molar-refractivity contribution is -0.288. The molecule has 1 N–H and O–H groups in total. The van der Waals surface area contributed by atoms with Crippen LogP contribution in [0.15, 0.2) is 279 Å². The summed E-state index contributed by atoms with van der Waals surface area (Å²) in [5.41, 5.74) is -3.34. The summed E-state index contributed by atoms with van der Waals surface area (Å²) in [6.07, 6.45) is -10.3. The lowest BCUT2D eigenvalue weighted by Gasteiger charge is -2.38. The molecule has 1 heterocycles. The third-order valence-corrected chi connectivity index (χ3v) is 19.8. The summed E-state index contributed by atoms with van der Waals surface area (Å²) in [7, 11) is -12.9. The molecule has 0 saturated carbocycles. The molecular formula is C72H49F6NO12S3. The maximum absolute atomic E-state index is 15.2. The molecule has 1 aromatic heterocycles. The number of carbonyl (C=O) groups is 2. The molecule has 0 unspecified atom stereocenters. The summed E-state index contributed by atoms with van der Waals surface area (Å²) in [5.74, 6) is -0.658. The third-order valence-electron chi connectivity index (χ3n) is 15.3. The van der Waals surface area contributed by atoms with Crippen LogP contribution in [0.1, 0.15) is 54.1 Å². The number of alkyl halides is 6. The fraction of sp³-hybridized carbons (Fsp3) is 0.0694. The van der Waals surface area contributed by atoms with E-state index in [4.69, 9.17) is 14.2 Å². The van der Waals surface area contributed by atoms with Gasteiger partial charge in [0.25, 0.3) is 10.1 Å². The average molecular weight is 1330 g/mol. The zero-order chi connectivity index (χ0) is 67.0. The topological polar surface area (TPSA) is 197 Å². The lowest BCUT2D eigenvalue weighted by Crippen LogP contribution is -2.54. The van der Waals surface area contributed by atoms with Crippen molar-refractivity contribution in [1.29, 1.82) is 0 Å². The largest absolute Gasteiger partial charge is 0.457 e. The van der Waals surface area contributed by atoms with Crippen molar-refractivity contribution in [3.8, 4) is 56.9 Å². The maximum Gasteiger partial charge on any atom is 0.411 e. The molecule has 474 valence electrons. The van der Waals surface area contributed by atoms with E-state index in [0.29, 0.717) is 63.7 Å². The van der Waals surface area contributed by atoms with Gasteiger partial charge in [-0.3, -0.25) is 14.1 Å². The van der Waals surface area contributed by atoms with Crippen LogP contribution in [0, 0.1) is 13.8 Å². The van der Waals surface area contributed by atoms with Crippen LogP contribution in [0.2, 0.25) is 0 Å². The number of hydrogen-bond donors (Lipinski definition) is 1. The number of ketones is 2. The summed E-state index contributed by atoms with van der Waals surface area (Å²) >= 11 is 0. The van der Waals surface area contributed by atoms with Crippen LogP contribution < -0.4 is 14.2 Å². The molecule has 11 aromatic rings. The fourth-order valence-corrected chi connectivity index (χ4v) is 13.6. The second-order valence-electron chi connectivity index (χ2n) is 21.6. The van der Waals surface area contributed by atoms with Gasteiger partial charge in [-0.2, -0.15) is 34.8 Å². The number of ether oxygens (including phenoxy) is 3. The first-order valence-electron chi connectivity index (χ1n) is 28.3. The number of aryl methyl sites for hydroxylation is 2. The second kappa shape index (κ2) is 25.5. The number of carbonyl (C=O) groups excluding carboxylic acids is 2.